The normalized spacial score (nSPS) is 28.5. The Morgan fingerprint density at radius 1 is 0.333 bits per heavy atom. The molecule has 7 aromatic carbocycles. The Balaban J connectivity index is 0.000000638. The molecule has 0 heteroatoms. The topological polar surface area (TPSA) is 0 Å². The monoisotopic (exact) mass is 1090 g/mol. The van der Waals surface area contributed by atoms with E-state index in [1.54, 1.807) is 66.7 Å². The van der Waals surface area contributed by atoms with Gasteiger partial charge in [-0.25, -0.2) is 0 Å². The molecular weight excluding hydrogens is 937 g/mol. The lowest BCUT2D eigenvalue weighted by Gasteiger charge is -2.15. The molecule has 0 radical (unpaired) electrons. The quantitative estimate of drug-likeness (QED) is 0.142. The summed E-state index contributed by atoms with van der Waals surface area (Å²) < 4.78 is 271. The average molecular weight is 1090 g/mol. The molecule has 0 unspecified atom stereocenters. The highest BCUT2D eigenvalue weighted by Crippen LogP contribution is 2.24. The highest BCUT2D eigenvalue weighted by atomic mass is 14.1. The first-order valence-electron chi connectivity index (χ1n) is 45.2. The second kappa shape index (κ2) is 47.5. The van der Waals surface area contributed by atoms with Crippen molar-refractivity contribution in [1.29, 1.82) is 0 Å². The van der Waals surface area contributed by atoms with Crippen LogP contribution in [-0.2, 0) is 0 Å². The van der Waals surface area contributed by atoms with Gasteiger partial charge in [0, 0.05) is 39.8 Å². The largest absolute Gasteiger partial charge is 0.0625 e. The molecule has 0 saturated heterocycles. The van der Waals surface area contributed by atoms with E-state index in [0.29, 0.717) is 40.4 Å². The maximum atomic E-state index is 7.63. The maximum absolute atomic E-state index is 7.63. The zero-order chi connectivity index (χ0) is 89.9. The molecule has 0 atom stereocenters. The van der Waals surface area contributed by atoms with E-state index in [4.69, 9.17) is 50.7 Å². The predicted octanol–water partition coefficient (Wildman–Crippen LogP) is 24.5. The third-order valence-corrected chi connectivity index (χ3v) is 11.0. The molecule has 4 aliphatic rings. The van der Waals surface area contributed by atoms with Gasteiger partial charge in [-0.05, 0) is 104 Å². The Morgan fingerprint density at radius 2 is 0.782 bits per heavy atom. The van der Waals surface area contributed by atoms with Crippen molar-refractivity contribution in [1.82, 2.24) is 0 Å². The van der Waals surface area contributed by atoms with Gasteiger partial charge in [0.05, 0.1) is 11.0 Å². The van der Waals surface area contributed by atoms with Gasteiger partial charge in [-0.1, -0.05) is 381 Å². The lowest BCUT2D eigenvalue weighted by Crippen LogP contribution is -1.99. The molecule has 0 aromatic heterocycles. The first kappa shape index (κ1) is 30.9. The molecule has 7 aromatic rings. The van der Waals surface area contributed by atoms with Crippen molar-refractivity contribution in [3.63, 3.8) is 0 Å². The Bertz CT molecular complexity index is 3870. The summed E-state index contributed by atoms with van der Waals surface area (Å²) in [4.78, 5) is 0. The number of rotatable bonds is 0. The number of hydrogen-bond acceptors (Lipinski definition) is 0. The molecule has 0 nitrogen and oxygen atoms in total. The van der Waals surface area contributed by atoms with Crippen molar-refractivity contribution in [2.24, 2.45) is 23.6 Å². The summed E-state index contributed by atoms with van der Waals surface area (Å²) in [6, 6.07) is 44.0. The lowest BCUT2D eigenvalue weighted by atomic mass is 9.91. The van der Waals surface area contributed by atoms with Gasteiger partial charge in [0.1, 0.15) is 0 Å². The van der Waals surface area contributed by atoms with Crippen LogP contribution < -0.4 is 0 Å². The van der Waals surface area contributed by atoms with Crippen LogP contribution in [0, 0.1) is 92.6 Å². The van der Waals surface area contributed by atoms with Crippen LogP contribution in [0.4, 0.5) is 0 Å². The van der Waals surface area contributed by atoms with Gasteiger partial charge in [-0.3, -0.25) is 0 Å². The third kappa shape index (κ3) is 44.5. The first-order chi connectivity index (χ1) is 51.8. The summed E-state index contributed by atoms with van der Waals surface area (Å²) in [6.07, 6.45) is -14.8. The van der Waals surface area contributed by atoms with E-state index < -0.39 is 89.7 Å². The molecule has 0 heterocycles. The molecule has 0 aliphatic heterocycles. The summed E-state index contributed by atoms with van der Waals surface area (Å²) in [6.45, 7) is 13.5. The van der Waals surface area contributed by atoms with E-state index in [9.17, 15) is 0 Å². The van der Waals surface area contributed by atoms with E-state index >= 15 is 0 Å². The number of aryl methyl sites for hydroxylation is 9. The van der Waals surface area contributed by atoms with Crippen molar-refractivity contribution in [3.8, 4) is 0 Å². The molecule has 11 rings (SSSR count). The Hall–Kier alpha value is -5.46. The minimum absolute atomic E-state index is 0.0556. The molecule has 0 N–H and O–H groups in total. The van der Waals surface area contributed by atoms with Crippen molar-refractivity contribution < 1.29 is 50.7 Å². The summed E-state index contributed by atoms with van der Waals surface area (Å²) in [5.74, 6) is -3.05. The van der Waals surface area contributed by atoms with Crippen LogP contribution >= 0.6 is 0 Å². The summed E-state index contributed by atoms with van der Waals surface area (Å²) in [7, 11) is 0. The lowest BCUT2D eigenvalue weighted by molar-refractivity contribution is 0.385. The van der Waals surface area contributed by atoms with Crippen molar-refractivity contribution in [2.75, 3.05) is 0 Å². The van der Waals surface area contributed by atoms with Crippen LogP contribution in [0.2, 0.25) is 0 Å². The fourth-order valence-corrected chi connectivity index (χ4v) is 6.34. The van der Waals surface area contributed by atoms with Gasteiger partial charge in [0.2, 0.25) is 0 Å². The Kier molecular flexibility index (Phi) is 18.9. The molecule has 0 bridgehead atoms. The van der Waals surface area contributed by atoms with Crippen LogP contribution in [0.3, 0.4) is 0 Å². The predicted molar refractivity (Wildman–Crippen MR) is 352 cm³/mol. The van der Waals surface area contributed by atoms with Crippen LogP contribution in [0.25, 0.3) is 0 Å². The molecule has 4 saturated carbocycles. The van der Waals surface area contributed by atoms with E-state index in [1.165, 1.54) is 51.5 Å². The molecule has 0 spiro atoms. The second-order valence-corrected chi connectivity index (χ2v) is 18.8. The maximum Gasteiger partial charge on any atom is 0.0625 e. The minimum Gasteiger partial charge on any atom is -0.0625 e. The number of benzene rings is 7. The van der Waals surface area contributed by atoms with Gasteiger partial charge in [0.15, 0.2) is 0 Å². The van der Waals surface area contributed by atoms with Crippen LogP contribution in [0.15, 0.2) is 194 Å². The number of hydrogen-bond donors (Lipinski definition) is 0. The molecular formula is C78H114. The zero-order valence-corrected chi connectivity index (χ0v) is 48.4. The minimum atomic E-state index is -3.26. The first-order valence-corrected chi connectivity index (χ1v) is 26.7. The van der Waals surface area contributed by atoms with E-state index in [-0.39, 0.29) is 42.0 Å². The molecule has 0 amide bonds. The van der Waals surface area contributed by atoms with Gasteiger partial charge in [0.25, 0.3) is 0 Å². The van der Waals surface area contributed by atoms with Gasteiger partial charge < -0.3 is 0 Å². The third-order valence-electron chi connectivity index (χ3n) is 11.0. The van der Waals surface area contributed by atoms with Crippen LogP contribution in [0.5, 0.6) is 0 Å². The molecule has 426 valence electrons. The highest BCUT2D eigenvalue weighted by molar-refractivity contribution is 5.24. The van der Waals surface area contributed by atoms with Gasteiger partial charge >= 0.3 is 0 Å². The average Bonchev–Trinajstić information content (AvgIpc) is 1.67. The summed E-state index contributed by atoms with van der Waals surface area (Å²) in [5.41, 5.74) is 7.84. The summed E-state index contributed by atoms with van der Waals surface area (Å²) in [5, 5.41) is 0. The van der Waals surface area contributed by atoms with Crippen molar-refractivity contribution >= 4 is 0 Å². The van der Waals surface area contributed by atoms with Crippen molar-refractivity contribution in [2.45, 2.75) is 212 Å². The van der Waals surface area contributed by atoms with E-state index in [0.717, 1.165) is 60.4 Å². The SMILES string of the molecule is [2H]C([2H])([2H])c1ccc(C)cc1.[2H]C([2H])([2H])c1cccc(C)c1.[2H]C([2H])([2H])c1ccccc1C.[2H]C1(C)CCCC1.[2H]C1(C)CCCCC1.[2H]C1([2H])C(C)C([2H])([2H])C([2H])([2H])C([2H])([2H])C1([2H])[2H].[2H]C1([2H])C(C)C([2H])([2H])C([2H])([2H])C1([2H])[2H].[2H]c1c([2H])c([2H])c(C)c([2H])c1[2H].[2H]c1ccc(C)cc1.[2H]c1cccc(C)c1.[2H]c1ccccc1C. The molecule has 4 fully saturated rings. The highest BCUT2D eigenvalue weighted by Gasteiger charge is 2.08. The van der Waals surface area contributed by atoms with Gasteiger partial charge in [-0.15, -0.1) is 0 Å². The van der Waals surface area contributed by atoms with Crippen molar-refractivity contribution in [3.05, 3.63) is 250 Å². The molecule has 4 aliphatic carbocycles. The Morgan fingerprint density at radius 3 is 1.18 bits per heavy atom. The van der Waals surface area contributed by atoms with E-state index in [1.807, 2.05) is 134 Å². The standard InChI is InChI=1S/3C8H10.2C7H14.4C7H8.2C6H12/c1-7-3-5-8(2)6-4-7;1-7-4-3-5-8(2)6-7;1-7-5-3-4-6-8(7)2;6*1-7-5-3-2-4-6-7;2*1-6-4-2-3-5-6/h3*3-6H,1-2H3;2*7H,2-6H2,1H3;4*2-6H,1H3;2*6H,2-5H2,1H3/i3*1D3;2D2,3D2,4D2,5D2,6D2;7D;2D,3D,4D,5D,6D;5D;3D;2D;2D2,3D2,4D2,5D2;6D. The van der Waals surface area contributed by atoms with Gasteiger partial charge in [-0.2, -0.15) is 0 Å². The van der Waals surface area contributed by atoms with E-state index in [2.05, 4.69) is 0 Å². The smallest absolute Gasteiger partial charge is 0.0625 e. The molecule has 78 heavy (non-hydrogen) atoms. The fraction of sp³-hybridized carbons (Fsp3) is 0.462. The second-order valence-electron chi connectivity index (χ2n) is 18.8. The summed E-state index contributed by atoms with van der Waals surface area (Å²) >= 11 is 0. The fourth-order valence-electron chi connectivity index (χ4n) is 6.34. The van der Waals surface area contributed by atoms with Crippen LogP contribution in [0.1, 0.15) is 249 Å². The van der Waals surface area contributed by atoms with Crippen LogP contribution in [-0.4, -0.2) is 0 Å². The zero-order valence-electron chi connectivity index (χ0n) is 85.4. The Labute approximate surface area is 535 Å².